The summed E-state index contributed by atoms with van der Waals surface area (Å²) in [6, 6.07) is 5.20. The molecule has 0 aliphatic carbocycles. The highest BCUT2D eigenvalue weighted by Crippen LogP contribution is 2.30. The van der Waals surface area contributed by atoms with Crippen LogP contribution in [0.3, 0.4) is 0 Å². The third-order valence-corrected chi connectivity index (χ3v) is 5.95. The van der Waals surface area contributed by atoms with Crippen LogP contribution in [0.5, 0.6) is 0 Å². The van der Waals surface area contributed by atoms with Crippen LogP contribution in [0.2, 0.25) is 5.02 Å². The van der Waals surface area contributed by atoms with E-state index < -0.39 is 0 Å². The van der Waals surface area contributed by atoms with Gasteiger partial charge in [-0.05, 0) is 53.2 Å². The Balaban J connectivity index is 2.75. The lowest BCUT2D eigenvalue weighted by Gasteiger charge is -2.29. The fraction of sp³-hybridized carbons (Fsp3) is 0.500. The lowest BCUT2D eigenvalue weighted by Crippen LogP contribution is -2.39. The normalized spacial score (nSPS) is 11.4. The Kier molecular flexibility index (Phi) is 6.71. The Bertz CT molecular complexity index is 441. The second-order valence-electron chi connectivity index (χ2n) is 4.40. The largest absolute Gasteiger partial charge is 0.351 e. The van der Waals surface area contributed by atoms with Crippen molar-refractivity contribution in [1.82, 2.24) is 5.32 Å². The van der Waals surface area contributed by atoms with Gasteiger partial charge in [0.2, 0.25) is 0 Å². The van der Waals surface area contributed by atoms with Gasteiger partial charge in [0.1, 0.15) is 0 Å². The van der Waals surface area contributed by atoms with Crippen molar-refractivity contribution in [3.63, 3.8) is 0 Å². The van der Waals surface area contributed by atoms with Crippen LogP contribution in [-0.2, 0) is 0 Å². The summed E-state index contributed by atoms with van der Waals surface area (Å²) in [5.41, 5.74) is 0.617. The zero-order valence-corrected chi connectivity index (χ0v) is 14.6. The first kappa shape index (κ1) is 16.9. The number of carbonyl (C=O) groups excluding carboxylic acids is 1. The van der Waals surface area contributed by atoms with Gasteiger partial charge in [0.15, 0.2) is 0 Å². The molecular formula is C14H19BrClNOS. The molecule has 5 heteroatoms. The van der Waals surface area contributed by atoms with Crippen molar-refractivity contribution in [2.75, 3.05) is 12.8 Å². The standard InChI is InChI=1S/C14H19BrClNOS/c1-4-14(5-2,19-3)9-17-13(18)11-7-6-10(16)8-12(11)15/h6-8H,4-5,9H2,1-3H3,(H,17,18). The molecule has 19 heavy (non-hydrogen) atoms. The average molecular weight is 365 g/mol. The molecule has 0 radical (unpaired) electrons. The van der Waals surface area contributed by atoms with E-state index >= 15 is 0 Å². The second-order valence-corrected chi connectivity index (χ2v) is 6.97. The predicted octanol–water partition coefficient (Wildman–Crippen LogP) is 4.75. The van der Waals surface area contributed by atoms with Crippen molar-refractivity contribution >= 4 is 45.2 Å². The van der Waals surface area contributed by atoms with Gasteiger partial charge in [-0.2, -0.15) is 11.8 Å². The van der Waals surface area contributed by atoms with E-state index in [4.69, 9.17) is 11.6 Å². The summed E-state index contributed by atoms with van der Waals surface area (Å²) in [5.74, 6) is -0.0659. The van der Waals surface area contributed by atoms with Gasteiger partial charge in [0, 0.05) is 20.8 Å². The minimum Gasteiger partial charge on any atom is -0.351 e. The molecule has 2 nitrogen and oxygen atoms in total. The molecule has 0 fully saturated rings. The van der Waals surface area contributed by atoms with Gasteiger partial charge in [-0.25, -0.2) is 0 Å². The third kappa shape index (κ3) is 4.40. The smallest absolute Gasteiger partial charge is 0.252 e. The number of thioether (sulfide) groups is 1. The minimum atomic E-state index is -0.0659. The quantitative estimate of drug-likeness (QED) is 0.789. The van der Waals surface area contributed by atoms with Crippen LogP contribution in [0.15, 0.2) is 22.7 Å². The Morgan fingerprint density at radius 1 is 1.42 bits per heavy atom. The molecule has 0 aliphatic heterocycles. The van der Waals surface area contributed by atoms with E-state index in [1.807, 2.05) is 11.8 Å². The third-order valence-electron chi connectivity index (χ3n) is 3.47. The molecule has 0 saturated heterocycles. The zero-order chi connectivity index (χ0) is 14.5. The highest BCUT2D eigenvalue weighted by atomic mass is 79.9. The molecule has 1 aromatic carbocycles. The van der Waals surface area contributed by atoms with E-state index in [1.54, 1.807) is 18.2 Å². The van der Waals surface area contributed by atoms with Crippen molar-refractivity contribution in [2.24, 2.45) is 0 Å². The molecule has 106 valence electrons. The number of nitrogens with one attached hydrogen (secondary N) is 1. The van der Waals surface area contributed by atoms with Crippen LogP contribution < -0.4 is 5.32 Å². The van der Waals surface area contributed by atoms with Gasteiger partial charge in [-0.1, -0.05) is 25.4 Å². The van der Waals surface area contributed by atoms with Crippen molar-refractivity contribution < 1.29 is 4.79 Å². The first-order valence-corrected chi connectivity index (χ1v) is 8.66. The fourth-order valence-corrected chi connectivity index (χ4v) is 3.53. The Morgan fingerprint density at radius 2 is 2.05 bits per heavy atom. The van der Waals surface area contributed by atoms with Crippen LogP contribution in [-0.4, -0.2) is 23.5 Å². The molecule has 1 aromatic rings. The van der Waals surface area contributed by atoms with Gasteiger partial charge in [0.25, 0.3) is 5.91 Å². The maximum atomic E-state index is 12.2. The van der Waals surface area contributed by atoms with Crippen LogP contribution >= 0.6 is 39.3 Å². The van der Waals surface area contributed by atoms with E-state index in [-0.39, 0.29) is 10.7 Å². The zero-order valence-electron chi connectivity index (χ0n) is 11.4. The first-order valence-electron chi connectivity index (χ1n) is 6.26. The molecule has 0 aliphatic rings. The van der Waals surface area contributed by atoms with Crippen molar-refractivity contribution in [2.45, 2.75) is 31.4 Å². The second kappa shape index (κ2) is 7.55. The summed E-state index contributed by atoms with van der Waals surface area (Å²) in [7, 11) is 0. The van der Waals surface area contributed by atoms with Crippen LogP contribution in [0.1, 0.15) is 37.0 Å². The lowest BCUT2D eigenvalue weighted by molar-refractivity contribution is 0.0948. The van der Waals surface area contributed by atoms with Crippen LogP contribution in [0, 0.1) is 0 Å². The molecule has 1 rings (SSSR count). The van der Waals surface area contributed by atoms with E-state index in [0.717, 1.165) is 17.3 Å². The number of rotatable bonds is 6. The van der Waals surface area contributed by atoms with Gasteiger partial charge < -0.3 is 5.32 Å². The number of hydrogen-bond donors (Lipinski definition) is 1. The average Bonchev–Trinajstić information content (AvgIpc) is 2.40. The Labute approximate surface area is 132 Å². The van der Waals surface area contributed by atoms with Crippen molar-refractivity contribution in [1.29, 1.82) is 0 Å². The highest BCUT2D eigenvalue weighted by Gasteiger charge is 2.25. The van der Waals surface area contributed by atoms with E-state index in [2.05, 4.69) is 41.3 Å². The summed E-state index contributed by atoms with van der Waals surface area (Å²) in [4.78, 5) is 12.2. The van der Waals surface area contributed by atoms with Crippen LogP contribution in [0.4, 0.5) is 0 Å². The molecular weight excluding hydrogens is 346 g/mol. The molecule has 0 aromatic heterocycles. The van der Waals surface area contributed by atoms with Crippen LogP contribution in [0.25, 0.3) is 0 Å². The molecule has 1 N–H and O–H groups in total. The molecule has 0 spiro atoms. The molecule has 0 atom stereocenters. The summed E-state index contributed by atoms with van der Waals surface area (Å²) >= 11 is 11.1. The van der Waals surface area contributed by atoms with Crippen molar-refractivity contribution in [3.8, 4) is 0 Å². The molecule has 0 unspecified atom stereocenters. The molecule has 0 bridgehead atoms. The van der Waals surface area contributed by atoms with Gasteiger partial charge in [0.05, 0.1) is 5.56 Å². The van der Waals surface area contributed by atoms with Gasteiger partial charge in [-0.3, -0.25) is 4.79 Å². The van der Waals surface area contributed by atoms with E-state index in [1.165, 1.54) is 0 Å². The highest BCUT2D eigenvalue weighted by molar-refractivity contribution is 9.10. The fourth-order valence-electron chi connectivity index (χ4n) is 1.87. The van der Waals surface area contributed by atoms with Gasteiger partial charge in [-0.15, -0.1) is 0 Å². The summed E-state index contributed by atoms with van der Waals surface area (Å²) in [5, 5.41) is 3.63. The first-order chi connectivity index (χ1) is 8.98. The number of amides is 1. The monoisotopic (exact) mass is 363 g/mol. The number of carbonyl (C=O) groups is 1. The van der Waals surface area contributed by atoms with E-state index in [0.29, 0.717) is 17.1 Å². The number of benzene rings is 1. The Morgan fingerprint density at radius 3 is 2.53 bits per heavy atom. The predicted molar refractivity (Wildman–Crippen MR) is 88.3 cm³/mol. The van der Waals surface area contributed by atoms with Crippen molar-refractivity contribution in [3.05, 3.63) is 33.3 Å². The molecule has 0 saturated carbocycles. The number of hydrogen-bond acceptors (Lipinski definition) is 2. The summed E-state index contributed by atoms with van der Waals surface area (Å²) in [6.45, 7) is 4.99. The maximum Gasteiger partial charge on any atom is 0.252 e. The molecule has 0 heterocycles. The topological polar surface area (TPSA) is 29.1 Å². The Hall–Kier alpha value is -0.190. The number of halogens is 2. The van der Waals surface area contributed by atoms with E-state index in [9.17, 15) is 4.79 Å². The summed E-state index contributed by atoms with van der Waals surface area (Å²) in [6.07, 6.45) is 4.16. The molecule has 1 amide bonds. The summed E-state index contributed by atoms with van der Waals surface area (Å²) < 4.78 is 0.842. The minimum absolute atomic E-state index is 0.0659. The SMILES string of the molecule is CCC(CC)(CNC(=O)c1ccc(Cl)cc1Br)SC. The lowest BCUT2D eigenvalue weighted by atomic mass is 10.0. The van der Waals surface area contributed by atoms with Gasteiger partial charge >= 0.3 is 0 Å². The maximum absolute atomic E-state index is 12.2.